The first kappa shape index (κ1) is 32.8. The fraction of sp³-hybridized carbons (Fsp3) is 0.692. The molecule has 1 aliphatic rings. The van der Waals surface area contributed by atoms with Crippen molar-refractivity contribution in [1.29, 1.82) is 0 Å². The van der Waals surface area contributed by atoms with E-state index >= 15 is 0 Å². The summed E-state index contributed by atoms with van der Waals surface area (Å²) >= 11 is 17.2. The summed E-state index contributed by atoms with van der Waals surface area (Å²) in [6.45, 7) is 14.8. The molecule has 2 amide bonds. The Morgan fingerprint density at radius 3 is 2.16 bits per heavy atom. The molecule has 1 aromatic carbocycles. The number of rotatable bonds is 10. The molecule has 0 unspecified atom stereocenters. The highest BCUT2D eigenvalue weighted by atomic mass is 35.6. The number of carbonyl (C=O) groups is 2. The van der Waals surface area contributed by atoms with Crippen LogP contribution in [0.1, 0.15) is 65.2 Å². The molecule has 1 heterocycles. The van der Waals surface area contributed by atoms with Crippen LogP contribution in [-0.4, -0.2) is 67.0 Å². The Kier molecular flexibility index (Phi) is 11.5. The summed E-state index contributed by atoms with van der Waals surface area (Å²) in [6.07, 6.45) is -0.213. The van der Waals surface area contributed by atoms with Gasteiger partial charge in [-0.1, -0.05) is 83.3 Å². The highest BCUT2D eigenvalue weighted by Gasteiger charge is 2.47. The van der Waals surface area contributed by atoms with Crippen molar-refractivity contribution in [1.82, 2.24) is 4.90 Å². The van der Waals surface area contributed by atoms with E-state index in [-0.39, 0.29) is 52.3 Å². The van der Waals surface area contributed by atoms with Crippen molar-refractivity contribution in [2.75, 3.05) is 32.2 Å². The Morgan fingerprint density at radius 1 is 1.11 bits per heavy atom. The standard InChI is InChI=1S/C26H41Cl3N2O6Si/c1-15(2)38(16(3)4,17(5)6)37-23-11-21(30-25(34)36-14-26(27,28)29)20(10-22(23)35-8)24(33)31-12-18(7)9-19(31)13-32/h10-11,15-19,32H,9,12-14H2,1-8H3,(H,30,34)/t18-,19+/m1/s1. The molecule has 216 valence electrons. The number of alkyl halides is 3. The second-order valence-electron chi connectivity index (χ2n) is 10.9. The Balaban J connectivity index is 2.62. The predicted octanol–water partition coefficient (Wildman–Crippen LogP) is 7.01. The number of likely N-dealkylation sites (tertiary alicyclic amines) is 1. The average molecular weight is 612 g/mol. The molecule has 2 atom stereocenters. The maximum atomic E-state index is 13.7. The molecule has 38 heavy (non-hydrogen) atoms. The third-order valence-corrected chi connectivity index (χ3v) is 13.5. The van der Waals surface area contributed by atoms with Gasteiger partial charge in [-0.15, -0.1) is 0 Å². The summed E-state index contributed by atoms with van der Waals surface area (Å²) < 4.78 is 15.8. The molecule has 0 saturated carbocycles. The first-order valence-corrected chi connectivity index (χ1v) is 16.2. The Hall–Kier alpha value is -1.39. The first-order valence-electron chi connectivity index (χ1n) is 12.9. The van der Waals surface area contributed by atoms with Gasteiger partial charge in [-0.3, -0.25) is 10.1 Å². The van der Waals surface area contributed by atoms with Crippen LogP contribution >= 0.6 is 34.8 Å². The second-order valence-corrected chi connectivity index (χ2v) is 18.8. The van der Waals surface area contributed by atoms with Gasteiger partial charge in [0.25, 0.3) is 14.2 Å². The molecule has 0 aromatic heterocycles. The molecule has 0 spiro atoms. The molecule has 0 aliphatic carbocycles. The summed E-state index contributed by atoms with van der Waals surface area (Å²) in [7, 11) is -0.909. The highest BCUT2D eigenvalue weighted by Crippen LogP contribution is 2.46. The zero-order valence-corrected chi connectivity index (χ0v) is 26.7. The van der Waals surface area contributed by atoms with Gasteiger partial charge in [-0.25, -0.2) is 4.79 Å². The topological polar surface area (TPSA) is 97.3 Å². The quantitative estimate of drug-likeness (QED) is 0.218. The van der Waals surface area contributed by atoms with Crippen LogP contribution in [0.2, 0.25) is 16.6 Å². The number of halogens is 3. The molecule has 1 saturated heterocycles. The van der Waals surface area contributed by atoms with Crippen LogP contribution in [0.3, 0.4) is 0 Å². The number of anilines is 1. The molecule has 2 N–H and O–H groups in total. The van der Waals surface area contributed by atoms with Crippen molar-refractivity contribution in [2.45, 2.75) is 81.3 Å². The van der Waals surface area contributed by atoms with Crippen LogP contribution in [0, 0.1) is 5.92 Å². The number of ether oxygens (including phenoxy) is 2. The zero-order chi connectivity index (χ0) is 29.0. The lowest BCUT2D eigenvalue weighted by Crippen LogP contribution is -2.50. The van der Waals surface area contributed by atoms with Gasteiger partial charge in [0.15, 0.2) is 5.75 Å². The SMILES string of the molecule is COc1cc(C(=O)N2C[C@H](C)C[C@H]2CO)c(NC(=O)OCC(Cl)(Cl)Cl)cc1O[Si](C(C)C)(C(C)C)C(C)C. The van der Waals surface area contributed by atoms with Gasteiger partial charge in [-0.2, -0.15) is 0 Å². The predicted molar refractivity (Wildman–Crippen MR) is 156 cm³/mol. The van der Waals surface area contributed by atoms with E-state index in [4.69, 9.17) is 48.7 Å². The van der Waals surface area contributed by atoms with Gasteiger partial charge in [0.2, 0.25) is 3.79 Å². The largest absolute Gasteiger partial charge is 0.540 e. The van der Waals surface area contributed by atoms with E-state index in [2.05, 4.69) is 46.9 Å². The number of aliphatic hydroxyl groups is 1. The van der Waals surface area contributed by atoms with Gasteiger partial charge in [0, 0.05) is 12.6 Å². The zero-order valence-electron chi connectivity index (χ0n) is 23.4. The number of hydrogen-bond donors (Lipinski definition) is 2. The van der Waals surface area contributed by atoms with Crippen LogP contribution in [-0.2, 0) is 4.74 Å². The molecule has 1 aromatic rings. The van der Waals surface area contributed by atoms with Gasteiger partial charge in [0.05, 0.1) is 31.0 Å². The highest BCUT2D eigenvalue weighted by molar-refractivity contribution is 6.78. The lowest BCUT2D eigenvalue weighted by molar-refractivity contribution is 0.0676. The second kappa shape index (κ2) is 13.3. The van der Waals surface area contributed by atoms with Gasteiger partial charge in [-0.05, 0) is 35.0 Å². The van der Waals surface area contributed by atoms with Crippen molar-refractivity contribution >= 4 is 60.8 Å². The fourth-order valence-corrected chi connectivity index (χ4v) is 11.1. The molecule has 1 fully saturated rings. The van der Waals surface area contributed by atoms with Gasteiger partial charge >= 0.3 is 6.09 Å². The molecule has 2 rings (SSSR count). The summed E-state index contributed by atoms with van der Waals surface area (Å²) in [4.78, 5) is 28.0. The van der Waals surface area contributed by atoms with Crippen LogP contribution in [0.4, 0.5) is 10.5 Å². The number of nitrogens with zero attached hydrogens (tertiary/aromatic N) is 1. The number of carbonyl (C=O) groups excluding carboxylic acids is 2. The van der Waals surface area contributed by atoms with Crippen LogP contribution < -0.4 is 14.5 Å². The number of benzene rings is 1. The molecule has 12 heteroatoms. The van der Waals surface area contributed by atoms with Crippen molar-refractivity contribution in [3.63, 3.8) is 0 Å². The van der Waals surface area contributed by atoms with Crippen LogP contribution in [0.15, 0.2) is 12.1 Å². The van der Waals surface area contributed by atoms with Crippen LogP contribution in [0.5, 0.6) is 11.5 Å². The Labute approximate surface area is 242 Å². The minimum atomic E-state index is -2.42. The minimum Gasteiger partial charge on any atom is -0.540 e. The maximum Gasteiger partial charge on any atom is 0.411 e. The molecular formula is C26H41Cl3N2O6Si. The van der Waals surface area contributed by atoms with E-state index in [1.165, 1.54) is 7.11 Å². The Bertz CT molecular complexity index is 965. The number of methoxy groups -OCH3 is 1. The number of aliphatic hydroxyl groups excluding tert-OH is 1. The van der Waals surface area contributed by atoms with E-state index in [0.29, 0.717) is 24.5 Å². The number of amides is 2. The van der Waals surface area contributed by atoms with E-state index in [1.54, 1.807) is 17.0 Å². The maximum absolute atomic E-state index is 13.7. The van der Waals surface area contributed by atoms with E-state index in [1.807, 2.05) is 6.92 Å². The lowest BCUT2D eigenvalue weighted by atomic mass is 10.1. The average Bonchev–Trinajstić information content (AvgIpc) is 3.20. The molecular weight excluding hydrogens is 571 g/mol. The van der Waals surface area contributed by atoms with E-state index < -0.39 is 24.8 Å². The molecule has 8 nitrogen and oxygen atoms in total. The smallest absolute Gasteiger partial charge is 0.411 e. The Morgan fingerprint density at radius 2 is 1.68 bits per heavy atom. The van der Waals surface area contributed by atoms with Crippen molar-refractivity contribution in [2.24, 2.45) is 5.92 Å². The van der Waals surface area contributed by atoms with Crippen molar-refractivity contribution in [3.8, 4) is 11.5 Å². The van der Waals surface area contributed by atoms with E-state index in [0.717, 1.165) is 0 Å². The van der Waals surface area contributed by atoms with Crippen LogP contribution in [0.25, 0.3) is 0 Å². The van der Waals surface area contributed by atoms with Gasteiger partial charge in [0.1, 0.15) is 12.4 Å². The van der Waals surface area contributed by atoms with Crippen molar-refractivity contribution in [3.05, 3.63) is 17.7 Å². The third kappa shape index (κ3) is 7.62. The normalized spacial score (nSPS) is 18.3. The number of hydrogen-bond acceptors (Lipinski definition) is 6. The molecule has 0 bridgehead atoms. The summed E-state index contributed by atoms with van der Waals surface area (Å²) in [5, 5.41) is 12.5. The van der Waals surface area contributed by atoms with E-state index in [9.17, 15) is 14.7 Å². The molecule has 1 aliphatic heterocycles. The van der Waals surface area contributed by atoms with Gasteiger partial charge < -0.3 is 23.9 Å². The third-order valence-electron chi connectivity index (χ3n) is 7.23. The van der Waals surface area contributed by atoms with Crippen molar-refractivity contribution < 1.29 is 28.6 Å². The monoisotopic (exact) mass is 610 g/mol. The summed E-state index contributed by atoms with van der Waals surface area (Å²) in [5.41, 5.74) is 1.18. The fourth-order valence-electron chi connectivity index (χ4n) is 5.64. The first-order chi connectivity index (χ1) is 17.6. The molecule has 0 radical (unpaired) electrons. The summed E-state index contributed by atoms with van der Waals surface area (Å²) in [6, 6.07) is 2.84. The summed E-state index contributed by atoms with van der Waals surface area (Å²) in [5.74, 6) is 0.674. The number of nitrogens with one attached hydrogen (secondary N) is 1. The lowest BCUT2D eigenvalue weighted by Gasteiger charge is -2.42. The minimum absolute atomic E-state index is 0.159.